The summed E-state index contributed by atoms with van der Waals surface area (Å²) in [5.74, 6) is 2.00. The van der Waals surface area contributed by atoms with Gasteiger partial charge in [-0.1, -0.05) is 26.7 Å². The van der Waals surface area contributed by atoms with Crippen LogP contribution in [0.1, 0.15) is 45.4 Å². The van der Waals surface area contributed by atoms with E-state index in [4.69, 9.17) is 15.5 Å². The zero-order valence-electron chi connectivity index (χ0n) is 13.3. The van der Waals surface area contributed by atoms with Crippen LogP contribution in [-0.2, 0) is 13.0 Å². The molecule has 0 saturated carbocycles. The third kappa shape index (κ3) is 3.97. The quantitative estimate of drug-likeness (QED) is 0.719. The first-order chi connectivity index (χ1) is 10.3. The van der Waals surface area contributed by atoms with Gasteiger partial charge in [0.15, 0.2) is 0 Å². The monoisotopic (exact) mass is 289 g/mol. The second kappa shape index (κ2) is 8.03. The minimum absolute atomic E-state index is 0.635. The lowest BCUT2D eigenvalue weighted by Gasteiger charge is -2.08. The van der Waals surface area contributed by atoms with E-state index in [1.807, 2.05) is 12.1 Å². The lowest BCUT2D eigenvalue weighted by atomic mass is 10.2. The van der Waals surface area contributed by atoms with Crippen LogP contribution in [0.3, 0.4) is 0 Å². The van der Waals surface area contributed by atoms with Crippen LogP contribution < -0.4 is 10.5 Å². The molecule has 1 aromatic heterocycles. The minimum atomic E-state index is 0.635. The maximum atomic E-state index is 5.72. The van der Waals surface area contributed by atoms with Crippen LogP contribution in [0.25, 0.3) is 11.0 Å². The first-order valence-corrected chi connectivity index (χ1v) is 8.12. The molecule has 1 aromatic carbocycles. The average Bonchev–Trinajstić information content (AvgIpc) is 2.83. The van der Waals surface area contributed by atoms with Crippen molar-refractivity contribution in [2.75, 3.05) is 13.2 Å². The predicted molar refractivity (Wildman–Crippen MR) is 87.8 cm³/mol. The second-order valence-corrected chi connectivity index (χ2v) is 5.42. The first-order valence-electron chi connectivity index (χ1n) is 8.12. The highest BCUT2D eigenvalue weighted by molar-refractivity contribution is 5.77. The average molecular weight is 289 g/mol. The maximum absolute atomic E-state index is 5.72. The van der Waals surface area contributed by atoms with Gasteiger partial charge < -0.3 is 15.0 Å². The number of rotatable bonds is 9. The molecule has 21 heavy (non-hydrogen) atoms. The van der Waals surface area contributed by atoms with E-state index in [1.54, 1.807) is 0 Å². The van der Waals surface area contributed by atoms with Gasteiger partial charge in [0.25, 0.3) is 0 Å². The molecule has 0 radical (unpaired) electrons. The Morgan fingerprint density at radius 3 is 2.76 bits per heavy atom. The fourth-order valence-corrected chi connectivity index (χ4v) is 2.56. The number of aryl methyl sites for hydroxylation is 1. The maximum Gasteiger partial charge on any atom is 0.121 e. The summed E-state index contributed by atoms with van der Waals surface area (Å²) in [6, 6.07) is 6.21. The van der Waals surface area contributed by atoms with Crippen LogP contribution in [0.4, 0.5) is 0 Å². The zero-order chi connectivity index (χ0) is 15.1. The van der Waals surface area contributed by atoms with E-state index in [1.165, 1.54) is 24.8 Å². The molecule has 0 spiro atoms. The van der Waals surface area contributed by atoms with Crippen LogP contribution in [0.5, 0.6) is 5.75 Å². The Kier molecular flexibility index (Phi) is 6.05. The molecule has 2 N–H and O–H groups in total. The Morgan fingerprint density at radius 1 is 1.19 bits per heavy atom. The van der Waals surface area contributed by atoms with Gasteiger partial charge in [-0.2, -0.15) is 0 Å². The number of aromatic nitrogens is 2. The molecule has 0 aliphatic heterocycles. The van der Waals surface area contributed by atoms with Gasteiger partial charge >= 0.3 is 0 Å². The molecule has 4 nitrogen and oxygen atoms in total. The number of benzene rings is 1. The van der Waals surface area contributed by atoms with Gasteiger partial charge in [-0.25, -0.2) is 4.98 Å². The lowest BCUT2D eigenvalue weighted by Crippen LogP contribution is -2.10. The van der Waals surface area contributed by atoms with Crippen LogP contribution in [-0.4, -0.2) is 22.7 Å². The van der Waals surface area contributed by atoms with Crippen molar-refractivity contribution >= 4 is 11.0 Å². The number of hydrogen-bond donors (Lipinski definition) is 1. The van der Waals surface area contributed by atoms with Gasteiger partial charge in [-0.3, -0.25) is 0 Å². The van der Waals surface area contributed by atoms with Crippen molar-refractivity contribution in [2.24, 2.45) is 5.73 Å². The number of fused-ring (bicyclic) bond motifs is 1. The van der Waals surface area contributed by atoms with Crippen molar-refractivity contribution in [1.29, 1.82) is 0 Å². The lowest BCUT2D eigenvalue weighted by molar-refractivity contribution is 0.318. The number of nitrogens with zero attached hydrogens (tertiary/aromatic N) is 2. The largest absolute Gasteiger partial charge is 0.494 e. The smallest absolute Gasteiger partial charge is 0.121 e. The highest BCUT2D eigenvalue weighted by atomic mass is 16.5. The summed E-state index contributed by atoms with van der Waals surface area (Å²) in [6.45, 7) is 6.74. The number of imidazole rings is 1. The second-order valence-electron chi connectivity index (χ2n) is 5.42. The summed E-state index contributed by atoms with van der Waals surface area (Å²) in [4.78, 5) is 4.75. The molecule has 0 amide bonds. The van der Waals surface area contributed by atoms with Crippen molar-refractivity contribution < 1.29 is 4.74 Å². The van der Waals surface area contributed by atoms with E-state index in [0.29, 0.717) is 6.54 Å². The molecule has 0 atom stereocenters. The highest BCUT2D eigenvalue weighted by Crippen LogP contribution is 2.23. The topological polar surface area (TPSA) is 53.1 Å². The van der Waals surface area contributed by atoms with Gasteiger partial charge in [0.05, 0.1) is 17.6 Å². The van der Waals surface area contributed by atoms with Crippen LogP contribution in [0.2, 0.25) is 0 Å². The van der Waals surface area contributed by atoms with E-state index in [2.05, 4.69) is 24.5 Å². The van der Waals surface area contributed by atoms with E-state index < -0.39 is 0 Å². The third-order valence-corrected chi connectivity index (χ3v) is 3.62. The number of nitrogens with two attached hydrogens (primary N) is 1. The fourth-order valence-electron chi connectivity index (χ4n) is 2.56. The zero-order valence-corrected chi connectivity index (χ0v) is 13.3. The third-order valence-electron chi connectivity index (χ3n) is 3.62. The SMILES string of the molecule is CCCCCn1c(CCN)nc2cc(OCCC)ccc21. The summed E-state index contributed by atoms with van der Waals surface area (Å²) >= 11 is 0. The van der Waals surface area contributed by atoms with Crippen LogP contribution >= 0.6 is 0 Å². The summed E-state index contributed by atoms with van der Waals surface area (Å²) in [7, 11) is 0. The molecule has 0 aliphatic rings. The molecule has 0 fully saturated rings. The first kappa shape index (κ1) is 15.8. The van der Waals surface area contributed by atoms with Gasteiger partial charge in [0.1, 0.15) is 11.6 Å². The Bertz CT molecular complexity index is 562. The molecular formula is C17H27N3O. The Hall–Kier alpha value is -1.55. The van der Waals surface area contributed by atoms with Crippen molar-refractivity contribution in [2.45, 2.75) is 52.5 Å². The van der Waals surface area contributed by atoms with Crippen molar-refractivity contribution in [3.8, 4) is 5.75 Å². The molecule has 0 unspecified atom stereocenters. The molecular weight excluding hydrogens is 262 g/mol. The van der Waals surface area contributed by atoms with Gasteiger partial charge in [-0.15, -0.1) is 0 Å². The molecule has 1 heterocycles. The van der Waals surface area contributed by atoms with Gasteiger partial charge in [-0.05, 0) is 31.5 Å². The van der Waals surface area contributed by atoms with Crippen LogP contribution in [0.15, 0.2) is 18.2 Å². The molecule has 2 aromatic rings. The van der Waals surface area contributed by atoms with Crippen LogP contribution in [0, 0.1) is 0 Å². The Morgan fingerprint density at radius 2 is 2.05 bits per heavy atom. The van der Waals surface area contributed by atoms with E-state index in [0.717, 1.165) is 43.1 Å². The number of unbranched alkanes of at least 4 members (excludes halogenated alkanes) is 2. The summed E-state index contributed by atoms with van der Waals surface area (Å²) in [5, 5.41) is 0. The van der Waals surface area contributed by atoms with E-state index in [-0.39, 0.29) is 0 Å². The van der Waals surface area contributed by atoms with Crippen molar-refractivity contribution in [3.05, 3.63) is 24.0 Å². The normalized spacial score (nSPS) is 11.2. The van der Waals surface area contributed by atoms with Crippen molar-refractivity contribution in [3.63, 3.8) is 0 Å². The van der Waals surface area contributed by atoms with E-state index >= 15 is 0 Å². The number of ether oxygens (including phenoxy) is 1. The molecule has 116 valence electrons. The molecule has 0 bridgehead atoms. The minimum Gasteiger partial charge on any atom is -0.494 e. The Labute approximate surface area is 127 Å². The molecule has 0 saturated heterocycles. The van der Waals surface area contributed by atoms with Crippen molar-refractivity contribution in [1.82, 2.24) is 9.55 Å². The fraction of sp³-hybridized carbons (Fsp3) is 0.588. The summed E-state index contributed by atoms with van der Waals surface area (Å²) < 4.78 is 8.02. The van der Waals surface area contributed by atoms with Gasteiger partial charge in [0, 0.05) is 19.0 Å². The summed E-state index contributed by atoms with van der Waals surface area (Å²) in [6.07, 6.45) is 5.51. The molecule has 2 rings (SSSR count). The van der Waals surface area contributed by atoms with E-state index in [9.17, 15) is 0 Å². The predicted octanol–water partition coefficient (Wildman–Crippen LogP) is 3.52. The van der Waals surface area contributed by atoms with Gasteiger partial charge in [0.2, 0.25) is 0 Å². The molecule has 4 heteroatoms. The number of hydrogen-bond acceptors (Lipinski definition) is 3. The molecule has 0 aliphatic carbocycles. The standard InChI is InChI=1S/C17H27N3O/c1-3-5-6-11-20-16-8-7-14(21-12-4-2)13-15(16)19-17(20)9-10-18/h7-8,13H,3-6,9-12,18H2,1-2H3. The summed E-state index contributed by atoms with van der Waals surface area (Å²) in [5.41, 5.74) is 7.93. The Balaban J connectivity index is 2.27. The highest BCUT2D eigenvalue weighted by Gasteiger charge is 2.10.